The molecule has 1 aliphatic carbocycles. The zero-order valence-electron chi connectivity index (χ0n) is 19.5. The summed E-state index contributed by atoms with van der Waals surface area (Å²) in [5, 5.41) is 4.45. The third kappa shape index (κ3) is 4.83. The fourth-order valence-corrected chi connectivity index (χ4v) is 5.62. The zero-order valence-corrected chi connectivity index (χ0v) is 19.5. The van der Waals surface area contributed by atoms with E-state index in [4.69, 9.17) is 4.74 Å². The molecule has 2 aromatic rings. The number of rotatable bonds is 5. The largest absolute Gasteiger partial charge is 0.450 e. The number of hydrogen-bond acceptors (Lipinski definition) is 5. The fourth-order valence-electron chi connectivity index (χ4n) is 5.62. The third-order valence-electron chi connectivity index (χ3n) is 7.80. The summed E-state index contributed by atoms with van der Waals surface area (Å²) < 4.78 is 5.08. The molecule has 1 spiro atoms. The number of benzene rings is 1. The van der Waals surface area contributed by atoms with Crippen molar-refractivity contribution in [3.63, 3.8) is 0 Å². The van der Waals surface area contributed by atoms with Crippen LogP contribution in [0.3, 0.4) is 0 Å². The molecule has 2 aliphatic heterocycles. The van der Waals surface area contributed by atoms with Crippen molar-refractivity contribution in [1.82, 2.24) is 20.1 Å². The van der Waals surface area contributed by atoms with E-state index in [0.29, 0.717) is 19.7 Å². The van der Waals surface area contributed by atoms with Crippen molar-refractivity contribution < 1.29 is 14.3 Å². The van der Waals surface area contributed by atoms with E-state index in [2.05, 4.69) is 39.5 Å². The first kappa shape index (κ1) is 22.1. The number of amides is 2. The van der Waals surface area contributed by atoms with Crippen LogP contribution in [0.2, 0.25) is 0 Å². The van der Waals surface area contributed by atoms with Crippen molar-refractivity contribution in [2.75, 3.05) is 32.8 Å². The Kier molecular flexibility index (Phi) is 6.23. The second-order valence-corrected chi connectivity index (χ2v) is 9.89. The average molecular weight is 451 g/mol. The number of ether oxygens (including phenoxy) is 1. The standard InChI is InChI=1S/C26H34N4O3/c1-2-33-25(32)30-12-7-21(8-13-30)28-24(31)22-17-26(22)9-14-29(15-10-26)18-19-5-6-20-4-3-11-27-23(20)16-19/h3-6,11,16,21-22H,2,7-10,12-15,17-18H2,1H3,(H,28,31)/t22-/m1/s1. The Hall–Kier alpha value is -2.67. The number of nitrogens with zero attached hydrogens (tertiary/aromatic N) is 3. The van der Waals surface area contributed by atoms with Crippen molar-refractivity contribution in [2.45, 2.75) is 51.6 Å². The number of nitrogens with one attached hydrogen (secondary N) is 1. The Morgan fingerprint density at radius 2 is 1.94 bits per heavy atom. The molecule has 0 unspecified atom stereocenters. The molecule has 33 heavy (non-hydrogen) atoms. The zero-order chi connectivity index (χ0) is 22.8. The van der Waals surface area contributed by atoms with Gasteiger partial charge >= 0.3 is 6.09 Å². The van der Waals surface area contributed by atoms with E-state index in [9.17, 15) is 9.59 Å². The summed E-state index contributed by atoms with van der Waals surface area (Å²) >= 11 is 0. The first-order valence-electron chi connectivity index (χ1n) is 12.3. The highest BCUT2D eigenvalue weighted by Gasteiger charge is 2.58. The Morgan fingerprint density at radius 1 is 1.15 bits per heavy atom. The van der Waals surface area contributed by atoms with Gasteiger partial charge in [0.15, 0.2) is 0 Å². The minimum absolute atomic E-state index is 0.160. The molecule has 1 aromatic heterocycles. The maximum atomic E-state index is 12.9. The van der Waals surface area contributed by atoms with Crippen LogP contribution in [0, 0.1) is 11.3 Å². The van der Waals surface area contributed by atoms with Crippen LogP contribution in [-0.2, 0) is 16.1 Å². The molecule has 3 aliphatic rings. The molecule has 7 nitrogen and oxygen atoms in total. The van der Waals surface area contributed by atoms with Gasteiger partial charge in [-0.05, 0) is 75.2 Å². The highest BCUT2D eigenvalue weighted by Crippen LogP contribution is 2.59. The van der Waals surface area contributed by atoms with Crippen molar-refractivity contribution >= 4 is 22.9 Å². The van der Waals surface area contributed by atoms with Crippen molar-refractivity contribution in [1.29, 1.82) is 0 Å². The van der Waals surface area contributed by atoms with Gasteiger partial charge < -0.3 is 15.0 Å². The quantitative estimate of drug-likeness (QED) is 0.754. The van der Waals surface area contributed by atoms with Gasteiger partial charge in [-0.3, -0.25) is 14.7 Å². The number of likely N-dealkylation sites (tertiary alicyclic amines) is 2. The Morgan fingerprint density at radius 3 is 2.70 bits per heavy atom. The van der Waals surface area contributed by atoms with E-state index in [0.717, 1.165) is 57.3 Å². The van der Waals surface area contributed by atoms with E-state index in [1.165, 1.54) is 10.9 Å². The molecule has 1 atom stereocenters. The maximum Gasteiger partial charge on any atom is 0.409 e. The van der Waals surface area contributed by atoms with Crippen LogP contribution in [0.25, 0.3) is 10.9 Å². The number of aromatic nitrogens is 1. The smallest absolute Gasteiger partial charge is 0.409 e. The lowest BCUT2D eigenvalue weighted by Gasteiger charge is -2.34. The first-order chi connectivity index (χ1) is 16.1. The Labute approximate surface area is 195 Å². The van der Waals surface area contributed by atoms with Crippen LogP contribution in [0.1, 0.15) is 44.6 Å². The Balaban J connectivity index is 1.07. The van der Waals surface area contributed by atoms with E-state index in [-0.39, 0.29) is 29.4 Å². The molecule has 1 N–H and O–H groups in total. The number of carbonyl (C=O) groups is 2. The molecule has 1 saturated carbocycles. The van der Waals surface area contributed by atoms with Crippen LogP contribution < -0.4 is 5.32 Å². The summed E-state index contributed by atoms with van der Waals surface area (Å²) in [4.78, 5) is 33.5. The second-order valence-electron chi connectivity index (χ2n) is 9.89. The summed E-state index contributed by atoms with van der Waals surface area (Å²) in [6.45, 7) is 6.55. The lowest BCUT2D eigenvalue weighted by Crippen LogP contribution is -2.47. The number of piperidine rings is 2. The molecule has 5 rings (SSSR count). The molecular formula is C26H34N4O3. The predicted molar refractivity (Wildman–Crippen MR) is 127 cm³/mol. The van der Waals surface area contributed by atoms with Crippen LogP contribution in [0.4, 0.5) is 4.79 Å². The lowest BCUT2D eigenvalue weighted by molar-refractivity contribution is -0.124. The molecule has 3 heterocycles. The van der Waals surface area contributed by atoms with Crippen LogP contribution in [0.5, 0.6) is 0 Å². The SMILES string of the molecule is CCOC(=O)N1CCC(NC(=O)[C@H]2CC23CCN(Cc2ccc4cccnc4c2)CC3)CC1. The van der Waals surface area contributed by atoms with Gasteiger partial charge in [-0.1, -0.05) is 18.2 Å². The number of pyridine rings is 1. The molecule has 2 amide bonds. The van der Waals surface area contributed by atoms with E-state index in [1.54, 1.807) is 4.90 Å². The van der Waals surface area contributed by atoms with E-state index in [1.807, 2.05) is 19.2 Å². The van der Waals surface area contributed by atoms with Gasteiger partial charge in [0.05, 0.1) is 12.1 Å². The summed E-state index contributed by atoms with van der Waals surface area (Å²) in [6.07, 6.45) is 6.43. The van der Waals surface area contributed by atoms with Gasteiger partial charge in [0.2, 0.25) is 5.91 Å². The molecule has 0 bridgehead atoms. The van der Waals surface area contributed by atoms with Crippen molar-refractivity contribution in [3.05, 3.63) is 42.1 Å². The topological polar surface area (TPSA) is 74.8 Å². The predicted octanol–water partition coefficient (Wildman–Crippen LogP) is 3.57. The summed E-state index contributed by atoms with van der Waals surface area (Å²) in [7, 11) is 0. The summed E-state index contributed by atoms with van der Waals surface area (Å²) in [6, 6.07) is 10.8. The van der Waals surface area contributed by atoms with Gasteiger partial charge in [-0.25, -0.2) is 4.79 Å². The van der Waals surface area contributed by atoms with E-state index >= 15 is 0 Å². The molecular weight excluding hydrogens is 416 g/mol. The summed E-state index contributed by atoms with van der Waals surface area (Å²) in [5.41, 5.74) is 2.56. The van der Waals surface area contributed by atoms with E-state index < -0.39 is 0 Å². The highest BCUT2D eigenvalue weighted by atomic mass is 16.6. The van der Waals surface area contributed by atoms with Gasteiger partial charge in [0.1, 0.15) is 0 Å². The second kappa shape index (κ2) is 9.29. The van der Waals surface area contributed by atoms with Crippen molar-refractivity contribution in [2.24, 2.45) is 11.3 Å². The minimum atomic E-state index is -0.241. The molecule has 176 valence electrons. The van der Waals surface area contributed by atoms with Crippen molar-refractivity contribution in [3.8, 4) is 0 Å². The summed E-state index contributed by atoms with van der Waals surface area (Å²) in [5.74, 6) is 0.381. The van der Waals surface area contributed by atoms with Crippen LogP contribution in [0.15, 0.2) is 36.5 Å². The third-order valence-corrected chi connectivity index (χ3v) is 7.80. The average Bonchev–Trinajstić information content (AvgIpc) is 3.55. The molecule has 7 heteroatoms. The number of fused-ring (bicyclic) bond motifs is 1. The van der Waals surface area contributed by atoms with Gasteiger partial charge in [-0.2, -0.15) is 0 Å². The fraction of sp³-hybridized carbons (Fsp3) is 0.577. The normalized spacial score (nSPS) is 22.9. The number of carbonyl (C=O) groups excluding carboxylic acids is 2. The first-order valence-corrected chi connectivity index (χ1v) is 12.3. The highest BCUT2D eigenvalue weighted by molar-refractivity contribution is 5.83. The van der Waals surface area contributed by atoms with Gasteiger partial charge in [-0.15, -0.1) is 0 Å². The molecule has 0 radical (unpaired) electrons. The Bertz CT molecular complexity index is 1010. The maximum absolute atomic E-state index is 12.9. The molecule has 3 fully saturated rings. The minimum Gasteiger partial charge on any atom is -0.450 e. The number of hydrogen-bond donors (Lipinski definition) is 1. The van der Waals surface area contributed by atoms with Gasteiger partial charge in [0.25, 0.3) is 0 Å². The monoisotopic (exact) mass is 450 g/mol. The van der Waals surface area contributed by atoms with Gasteiger partial charge in [0, 0.05) is 43.2 Å². The lowest BCUT2D eigenvalue weighted by atomic mass is 9.90. The van der Waals surface area contributed by atoms with Crippen LogP contribution >= 0.6 is 0 Å². The molecule has 1 aromatic carbocycles. The van der Waals surface area contributed by atoms with Crippen LogP contribution in [-0.4, -0.2) is 65.6 Å². The molecule has 2 saturated heterocycles.